The topological polar surface area (TPSA) is 43.4 Å². The van der Waals surface area contributed by atoms with Crippen molar-refractivity contribution in [2.45, 2.75) is 44.9 Å². The normalized spacial score (nSPS) is 33.8. The van der Waals surface area contributed by atoms with Crippen molar-refractivity contribution in [2.24, 2.45) is 11.3 Å². The molecule has 0 heterocycles. The molecule has 0 aromatic carbocycles. The molecule has 0 spiro atoms. The molecule has 2 unspecified atom stereocenters. The third-order valence-electron chi connectivity index (χ3n) is 4.33. The molecule has 17 heavy (non-hydrogen) atoms. The Labute approximate surface area is 102 Å². The summed E-state index contributed by atoms with van der Waals surface area (Å²) in [6, 6.07) is 0. The van der Waals surface area contributed by atoms with E-state index in [1.165, 1.54) is 7.11 Å². The molecule has 2 bridgehead atoms. The molecule has 0 saturated heterocycles. The van der Waals surface area contributed by atoms with E-state index in [2.05, 4.69) is 6.58 Å². The summed E-state index contributed by atoms with van der Waals surface area (Å²) in [5, 5.41) is 0. The van der Waals surface area contributed by atoms with Crippen LogP contribution in [0.3, 0.4) is 0 Å². The first-order valence-corrected chi connectivity index (χ1v) is 6.42. The van der Waals surface area contributed by atoms with Crippen LogP contribution in [0.5, 0.6) is 0 Å². The van der Waals surface area contributed by atoms with Crippen LogP contribution in [-0.4, -0.2) is 18.9 Å². The smallest absolute Gasteiger partial charge is 0.319 e. The number of rotatable bonds is 1. The Balaban J connectivity index is 2.36. The number of carbonyl (C=O) groups is 2. The molecule has 0 aromatic rings. The van der Waals surface area contributed by atoms with Gasteiger partial charge >= 0.3 is 5.97 Å². The molecular weight excluding hydrogens is 216 g/mol. The molecule has 0 radical (unpaired) electrons. The van der Waals surface area contributed by atoms with Gasteiger partial charge < -0.3 is 4.74 Å². The second kappa shape index (κ2) is 4.63. The van der Waals surface area contributed by atoms with Gasteiger partial charge in [0.1, 0.15) is 5.41 Å². The van der Waals surface area contributed by atoms with E-state index in [1.807, 2.05) is 0 Å². The molecule has 2 rings (SSSR count). The number of fused-ring (bicyclic) bond motifs is 2. The van der Waals surface area contributed by atoms with Crippen LogP contribution >= 0.6 is 0 Å². The van der Waals surface area contributed by atoms with Gasteiger partial charge in [0.05, 0.1) is 7.11 Å². The van der Waals surface area contributed by atoms with Gasteiger partial charge in [-0.05, 0) is 25.7 Å². The summed E-state index contributed by atoms with van der Waals surface area (Å²) in [5.74, 6) is -0.370. The summed E-state index contributed by atoms with van der Waals surface area (Å²) in [6.45, 7) is 4.00. The minimum Gasteiger partial charge on any atom is -0.468 e. The van der Waals surface area contributed by atoms with Crippen LogP contribution in [0.4, 0.5) is 0 Å². The number of Topliss-reactive ketones (excluding diaryl/α,β-unsaturated/α-hetero) is 1. The van der Waals surface area contributed by atoms with Crippen LogP contribution in [0.2, 0.25) is 0 Å². The fourth-order valence-electron chi connectivity index (χ4n) is 3.23. The summed E-state index contributed by atoms with van der Waals surface area (Å²) in [5.41, 5.74) is 0.150. The maximum atomic E-state index is 12.6. The summed E-state index contributed by atoms with van der Waals surface area (Å²) in [4.78, 5) is 24.6. The minimum absolute atomic E-state index is 0.0697. The number of hydrogen-bond donors (Lipinski definition) is 0. The van der Waals surface area contributed by atoms with E-state index < -0.39 is 5.41 Å². The fraction of sp³-hybridized carbons (Fsp3) is 0.714. The van der Waals surface area contributed by atoms with Crippen molar-refractivity contribution >= 4 is 11.8 Å². The van der Waals surface area contributed by atoms with Crippen LogP contribution in [0.25, 0.3) is 0 Å². The van der Waals surface area contributed by atoms with Gasteiger partial charge in [0.2, 0.25) is 0 Å². The van der Waals surface area contributed by atoms with E-state index in [1.54, 1.807) is 0 Å². The van der Waals surface area contributed by atoms with Crippen molar-refractivity contribution in [2.75, 3.05) is 7.11 Å². The third kappa shape index (κ3) is 1.92. The van der Waals surface area contributed by atoms with Crippen molar-refractivity contribution in [3.63, 3.8) is 0 Å². The Kier molecular flexibility index (Phi) is 3.36. The lowest BCUT2D eigenvalue weighted by Crippen LogP contribution is -2.47. The van der Waals surface area contributed by atoms with E-state index in [0.717, 1.165) is 37.7 Å². The van der Waals surface area contributed by atoms with Gasteiger partial charge in [-0.1, -0.05) is 31.4 Å². The van der Waals surface area contributed by atoms with Crippen LogP contribution < -0.4 is 0 Å². The lowest BCUT2D eigenvalue weighted by Gasteiger charge is -2.39. The van der Waals surface area contributed by atoms with E-state index in [0.29, 0.717) is 12.8 Å². The van der Waals surface area contributed by atoms with E-state index in [4.69, 9.17) is 4.74 Å². The zero-order valence-corrected chi connectivity index (χ0v) is 10.5. The lowest BCUT2D eigenvalue weighted by molar-refractivity contribution is -0.162. The Bertz CT molecular complexity index is 358. The highest BCUT2D eigenvalue weighted by Crippen LogP contribution is 2.46. The van der Waals surface area contributed by atoms with Crippen molar-refractivity contribution in [1.29, 1.82) is 0 Å². The molecule has 2 atom stereocenters. The minimum atomic E-state index is -0.860. The molecule has 0 amide bonds. The van der Waals surface area contributed by atoms with Crippen LogP contribution in [0.1, 0.15) is 44.9 Å². The highest BCUT2D eigenvalue weighted by Gasteiger charge is 2.52. The number of hydrogen-bond acceptors (Lipinski definition) is 3. The van der Waals surface area contributed by atoms with Gasteiger partial charge in [0.15, 0.2) is 5.78 Å². The van der Waals surface area contributed by atoms with E-state index >= 15 is 0 Å². The number of esters is 1. The average molecular weight is 236 g/mol. The highest BCUT2D eigenvalue weighted by molar-refractivity contribution is 6.06. The SMILES string of the molecule is C=C1CCC2(C(=O)OC)CCCCCC1C2=O. The van der Waals surface area contributed by atoms with Crippen molar-refractivity contribution in [1.82, 2.24) is 0 Å². The summed E-state index contributed by atoms with van der Waals surface area (Å²) in [6.07, 6.45) is 5.99. The first-order valence-electron chi connectivity index (χ1n) is 6.42. The maximum absolute atomic E-state index is 12.6. The second-order valence-corrected chi connectivity index (χ2v) is 5.25. The molecular formula is C14H20O3. The zero-order valence-electron chi connectivity index (χ0n) is 10.5. The van der Waals surface area contributed by atoms with Crippen molar-refractivity contribution in [3.8, 4) is 0 Å². The first kappa shape index (κ1) is 12.3. The molecule has 0 aromatic heterocycles. The molecule has 2 fully saturated rings. The standard InChI is InChI=1S/C14H20O3/c1-10-7-9-14(13(16)17-2)8-5-3-4-6-11(10)12(14)15/h11H,1,3-9H2,2H3. The summed E-state index contributed by atoms with van der Waals surface area (Å²) >= 11 is 0. The van der Waals surface area contributed by atoms with Gasteiger partial charge in [-0.25, -0.2) is 0 Å². The summed E-state index contributed by atoms with van der Waals surface area (Å²) in [7, 11) is 1.38. The molecule has 2 aliphatic rings. The molecule has 2 aliphatic carbocycles. The average Bonchev–Trinajstić information content (AvgIpc) is 2.33. The molecule has 2 saturated carbocycles. The molecule has 3 heteroatoms. The number of ether oxygens (including phenoxy) is 1. The lowest BCUT2D eigenvalue weighted by atomic mass is 9.62. The molecule has 94 valence electrons. The zero-order chi connectivity index (χ0) is 12.5. The number of ketones is 1. The number of carbonyl (C=O) groups excluding carboxylic acids is 2. The Morgan fingerprint density at radius 1 is 1.35 bits per heavy atom. The predicted molar refractivity (Wildman–Crippen MR) is 64.4 cm³/mol. The molecule has 0 N–H and O–H groups in total. The van der Waals surface area contributed by atoms with Crippen LogP contribution in [0.15, 0.2) is 12.2 Å². The van der Waals surface area contributed by atoms with Gasteiger partial charge in [-0.15, -0.1) is 0 Å². The maximum Gasteiger partial charge on any atom is 0.319 e. The van der Waals surface area contributed by atoms with Gasteiger partial charge in [0.25, 0.3) is 0 Å². The fourth-order valence-corrected chi connectivity index (χ4v) is 3.23. The summed E-state index contributed by atoms with van der Waals surface area (Å²) < 4.78 is 4.88. The Morgan fingerprint density at radius 2 is 2.12 bits per heavy atom. The van der Waals surface area contributed by atoms with Crippen LogP contribution in [-0.2, 0) is 14.3 Å². The Hall–Kier alpha value is -1.12. The quantitative estimate of drug-likeness (QED) is 0.399. The predicted octanol–water partition coefficient (Wildman–Crippen LogP) is 2.65. The van der Waals surface area contributed by atoms with Gasteiger partial charge in [-0.3, -0.25) is 9.59 Å². The van der Waals surface area contributed by atoms with Gasteiger partial charge in [-0.2, -0.15) is 0 Å². The Morgan fingerprint density at radius 3 is 2.82 bits per heavy atom. The van der Waals surface area contributed by atoms with Crippen molar-refractivity contribution < 1.29 is 14.3 Å². The molecule has 3 nitrogen and oxygen atoms in total. The largest absolute Gasteiger partial charge is 0.468 e. The van der Waals surface area contributed by atoms with E-state index in [-0.39, 0.29) is 17.7 Å². The van der Waals surface area contributed by atoms with Crippen molar-refractivity contribution in [3.05, 3.63) is 12.2 Å². The monoisotopic (exact) mass is 236 g/mol. The van der Waals surface area contributed by atoms with Gasteiger partial charge in [0, 0.05) is 5.92 Å². The molecule has 0 aliphatic heterocycles. The van der Waals surface area contributed by atoms with Crippen LogP contribution in [0, 0.1) is 11.3 Å². The highest BCUT2D eigenvalue weighted by atomic mass is 16.5. The first-order chi connectivity index (χ1) is 8.12. The number of methoxy groups -OCH3 is 1. The third-order valence-corrected chi connectivity index (χ3v) is 4.33. The van der Waals surface area contributed by atoms with E-state index in [9.17, 15) is 9.59 Å². The second-order valence-electron chi connectivity index (χ2n) is 5.25. The number of allylic oxidation sites excluding steroid dienone is 1.